The summed E-state index contributed by atoms with van der Waals surface area (Å²) in [5, 5.41) is 2.87. The maximum Gasteiger partial charge on any atom is 0.223 e. The summed E-state index contributed by atoms with van der Waals surface area (Å²) in [4.78, 5) is 32.3. The highest BCUT2D eigenvalue weighted by Crippen LogP contribution is 2.24. The highest BCUT2D eigenvalue weighted by molar-refractivity contribution is 5.92. The van der Waals surface area contributed by atoms with E-state index in [1.165, 1.54) is 31.9 Å². The first kappa shape index (κ1) is 19.9. The lowest BCUT2D eigenvalue weighted by Crippen LogP contribution is -2.34. The zero-order chi connectivity index (χ0) is 19.8. The molecule has 1 saturated heterocycles. The summed E-state index contributed by atoms with van der Waals surface area (Å²) >= 11 is 0. The molecule has 1 fully saturated rings. The summed E-state index contributed by atoms with van der Waals surface area (Å²) in [6, 6.07) is 11.8. The fourth-order valence-corrected chi connectivity index (χ4v) is 3.47. The Labute approximate surface area is 166 Å². The highest BCUT2D eigenvalue weighted by atomic mass is 16.2. The number of pyridine rings is 1. The number of rotatable bonds is 7. The minimum absolute atomic E-state index is 0.0641. The first-order valence-corrected chi connectivity index (χ1v) is 9.92. The summed E-state index contributed by atoms with van der Waals surface area (Å²) < 4.78 is 0. The standard InChI is InChI=1S/C22H28N4O2/c1-18(27)26(15-11-22(28)24-17-19-6-5-12-23-16-19)21-9-7-20(8-10-21)25-13-3-2-4-14-25/h5-10,12,16H,2-4,11,13-15,17H2,1H3,(H,24,28). The summed E-state index contributed by atoms with van der Waals surface area (Å²) in [6.07, 6.45) is 7.45. The summed E-state index contributed by atoms with van der Waals surface area (Å²) in [6.45, 7) is 4.51. The number of nitrogens with one attached hydrogen (secondary N) is 1. The molecule has 0 aliphatic carbocycles. The lowest BCUT2D eigenvalue weighted by atomic mass is 10.1. The smallest absolute Gasteiger partial charge is 0.223 e. The van der Waals surface area contributed by atoms with Gasteiger partial charge in [-0.1, -0.05) is 6.07 Å². The average molecular weight is 380 g/mol. The van der Waals surface area contributed by atoms with E-state index in [0.717, 1.165) is 24.3 Å². The van der Waals surface area contributed by atoms with E-state index in [0.29, 0.717) is 13.1 Å². The number of carbonyl (C=O) groups is 2. The monoisotopic (exact) mass is 380 g/mol. The number of benzene rings is 1. The molecule has 2 amide bonds. The molecule has 2 heterocycles. The Bertz CT molecular complexity index is 771. The first-order valence-electron chi connectivity index (χ1n) is 9.92. The third-order valence-corrected chi connectivity index (χ3v) is 5.04. The van der Waals surface area contributed by atoms with Crippen molar-refractivity contribution in [2.75, 3.05) is 29.4 Å². The zero-order valence-electron chi connectivity index (χ0n) is 16.4. The van der Waals surface area contributed by atoms with Crippen LogP contribution in [0.15, 0.2) is 48.8 Å². The number of aromatic nitrogens is 1. The molecule has 1 aliphatic rings. The second-order valence-electron chi connectivity index (χ2n) is 7.12. The van der Waals surface area contributed by atoms with Crippen LogP contribution in [0.1, 0.15) is 38.2 Å². The molecule has 0 unspecified atom stereocenters. The van der Waals surface area contributed by atoms with E-state index in [-0.39, 0.29) is 18.2 Å². The maximum absolute atomic E-state index is 12.2. The normalized spacial score (nSPS) is 13.8. The van der Waals surface area contributed by atoms with Crippen LogP contribution < -0.4 is 15.1 Å². The molecule has 0 spiro atoms. The molecule has 6 heteroatoms. The molecule has 1 aromatic carbocycles. The van der Waals surface area contributed by atoms with Crippen LogP contribution in [0.3, 0.4) is 0 Å². The zero-order valence-corrected chi connectivity index (χ0v) is 16.4. The van der Waals surface area contributed by atoms with Crippen molar-refractivity contribution in [3.63, 3.8) is 0 Å². The lowest BCUT2D eigenvalue weighted by Gasteiger charge is -2.29. The number of hydrogen-bond acceptors (Lipinski definition) is 4. The van der Waals surface area contributed by atoms with Crippen molar-refractivity contribution in [2.45, 2.75) is 39.2 Å². The van der Waals surface area contributed by atoms with Crippen molar-refractivity contribution in [1.82, 2.24) is 10.3 Å². The van der Waals surface area contributed by atoms with Gasteiger partial charge in [-0.25, -0.2) is 0 Å². The summed E-state index contributed by atoms with van der Waals surface area (Å²) in [5.41, 5.74) is 2.97. The molecule has 0 bridgehead atoms. The van der Waals surface area contributed by atoms with Gasteiger partial charge in [0.05, 0.1) is 0 Å². The van der Waals surface area contributed by atoms with Crippen LogP contribution in [0.5, 0.6) is 0 Å². The lowest BCUT2D eigenvalue weighted by molar-refractivity contribution is -0.121. The van der Waals surface area contributed by atoms with Gasteiger partial charge in [0, 0.05) is 63.3 Å². The highest BCUT2D eigenvalue weighted by Gasteiger charge is 2.15. The van der Waals surface area contributed by atoms with Gasteiger partial charge < -0.3 is 15.1 Å². The molecular formula is C22H28N4O2. The van der Waals surface area contributed by atoms with E-state index in [9.17, 15) is 9.59 Å². The molecule has 28 heavy (non-hydrogen) atoms. The Hall–Kier alpha value is -2.89. The molecule has 3 rings (SSSR count). The van der Waals surface area contributed by atoms with E-state index < -0.39 is 0 Å². The number of amides is 2. The van der Waals surface area contributed by atoms with Crippen LogP contribution in [-0.4, -0.2) is 36.4 Å². The molecule has 1 aliphatic heterocycles. The Morgan fingerprint density at radius 2 is 1.86 bits per heavy atom. The van der Waals surface area contributed by atoms with Crippen molar-refractivity contribution in [2.24, 2.45) is 0 Å². The third kappa shape index (κ3) is 5.55. The topological polar surface area (TPSA) is 65.5 Å². The van der Waals surface area contributed by atoms with E-state index in [2.05, 4.69) is 27.3 Å². The predicted octanol–water partition coefficient (Wildman–Crippen LogP) is 3.13. The SMILES string of the molecule is CC(=O)N(CCC(=O)NCc1cccnc1)c1ccc(N2CCCCC2)cc1. The van der Waals surface area contributed by atoms with Gasteiger partial charge in [0.2, 0.25) is 11.8 Å². The molecule has 0 atom stereocenters. The third-order valence-electron chi connectivity index (χ3n) is 5.04. The number of carbonyl (C=O) groups excluding carboxylic acids is 2. The van der Waals surface area contributed by atoms with Gasteiger partial charge in [-0.3, -0.25) is 14.6 Å². The minimum Gasteiger partial charge on any atom is -0.372 e. The van der Waals surface area contributed by atoms with E-state index in [1.54, 1.807) is 17.3 Å². The van der Waals surface area contributed by atoms with Crippen LogP contribution in [0.25, 0.3) is 0 Å². The van der Waals surface area contributed by atoms with Crippen LogP contribution in [0, 0.1) is 0 Å². The van der Waals surface area contributed by atoms with Crippen molar-refractivity contribution in [1.29, 1.82) is 0 Å². The van der Waals surface area contributed by atoms with Crippen molar-refractivity contribution < 1.29 is 9.59 Å². The second kappa shape index (κ2) is 9.88. The molecule has 148 valence electrons. The first-order chi connectivity index (χ1) is 13.6. The van der Waals surface area contributed by atoms with Crippen LogP contribution >= 0.6 is 0 Å². The van der Waals surface area contributed by atoms with Gasteiger partial charge in [0.1, 0.15) is 0 Å². The van der Waals surface area contributed by atoms with Crippen LogP contribution in [0.2, 0.25) is 0 Å². The molecule has 1 N–H and O–H groups in total. The van der Waals surface area contributed by atoms with E-state index >= 15 is 0 Å². The number of hydrogen-bond donors (Lipinski definition) is 1. The van der Waals surface area contributed by atoms with Gasteiger partial charge in [-0.2, -0.15) is 0 Å². The molecular weight excluding hydrogens is 352 g/mol. The van der Waals surface area contributed by atoms with E-state index in [1.807, 2.05) is 24.3 Å². The average Bonchev–Trinajstić information content (AvgIpc) is 2.74. The van der Waals surface area contributed by atoms with Gasteiger partial charge in [0.15, 0.2) is 0 Å². The van der Waals surface area contributed by atoms with Crippen LogP contribution in [0.4, 0.5) is 11.4 Å². The number of nitrogens with zero attached hydrogens (tertiary/aromatic N) is 3. The summed E-state index contributed by atoms with van der Waals surface area (Å²) in [7, 11) is 0. The Balaban J connectivity index is 1.54. The minimum atomic E-state index is -0.0833. The van der Waals surface area contributed by atoms with E-state index in [4.69, 9.17) is 0 Å². The quantitative estimate of drug-likeness (QED) is 0.801. The molecule has 0 radical (unpaired) electrons. The van der Waals surface area contributed by atoms with Crippen molar-refractivity contribution in [3.8, 4) is 0 Å². The second-order valence-corrected chi connectivity index (χ2v) is 7.12. The molecule has 2 aromatic rings. The molecule has 0 saturated carbocycles. The van der Waals surface area contributed by atoms with Gasteiger partial charge >= 0.3 is 0 Å². The Morgan fingerprint density at radius 1 is 1.11 bits per heavy atom. The van der Waals surface area contributed by atoms with Gasteiger partial charge in [-0.05, 0) is 55.2 Å². The predicted molar refractivity (Wildman–Crippen MR) is 111 cm³/mol. The Morgan fingerprint density at radius 3 is 2.50 bits per heavy atom. The van der Waals surface area contributed by atoms with Gasteiger partial charge in [0.25, 0.3) is 0 Å². The van der Waals surface area contributed by atoms with Crippen LogP contribution in [-0.2, 0) is 16.1 Å². The fourth-order valence-electron chi connectivity index (χ4n) is 3.47. The number of piperidine rings is 1. The van der Waals surface area contributed by atoms with Gasteiger partial charge in [-0.15, -0.1) is 0 Å². The molecule has 6 nitrogen and oxygen atoms in total. The van der Waals surface area contributed by atoms with Crippen molar-refractivity contribution in [3.05, 3.63) is 54.4 Å². The maximum atomic E-state index is 12.2. The largest absolute Gasteiger partial charge is 0.372 e. The molecule has 1 aromatic heterocycles. The number of anilines is 2. The summed E-state index contributed by atoms with van der Waals surface area (Å²) in [5.74, 6) is -0.147. The van der Waals surface area contributed by atoms with Crippen molar-refractivity contribution >= 4 is 23.2 Å². The Kier molecular flexibility index (Phi) is 7.00. The fraction of sp³-hybridized carbons (Fsp3) is 0.409.